The Balaban J connectivity index is 0.000000172. The summed E-state index contributed by atoms with van der Waals surface area (Å²) in [7, 11) is 8.82. The molecule has 0 unspecified atom stereocenters. The fourth-order valence-corrected chi connectivity index (χ4v) is 7.17. The molecule has 426 valence electrons. The highest BCUT2D eigenvalue weighted by Gasteiger charge is 2.15. The van der Waals surface area contributed by atoms with Crippen molar-refractivity contribution >= 4 is 67.0 Å². The molecule has 0 amide bonds. The third-order valence-electron chi connectivity index (χ3n) is 11.4. The molecular formula is C45H54N24O12. The fourth-order valence-electron chi connectivity index (χ4n) is 7.17. The molecule has 81 heavy (non-hydrogen) atoms. The summed E-state index contributed by atoms with van der Waals surface area (Å²) in [5, 5.41) is 0. The summed E-state index contributed by atoms with van der Waals surface area (Å²) in [6.45, 7) is -11.9. The number of H-pyrrole nitrogens is 6. The van der Waals surface area contributed by atoms with E-state index >= 15 is 0 Å². The van der Waals surface area contributed by atoms with Crippen molar-refractivity contribution in [2.45, 2.75) is 20.8 Å². The number of imidazole rings is 6. The molecule has 12 aromatic heterocycles. The van der Waals surface area contributed by atoms with Crippen molar-refractivity contribution in [3.8, 4) is 0 Å². The molecule has 12 rings (SSSR count). The second-order valence-electron chi connectivity index (χ2n) is 16.6. The quantitative estimate of drug-likeness (QED) is 0.0826. The van der Waals surface area contributed by atoms with Crippen LogP contribution in [0.5, 0.6) is 0 Å². The molecule has 36 heteroatoms. The van der Waals surface area contributed by atoms with Crippen molar-refractivity contribution in [1.82, 2.24) is 115 Å². The van der Waals surface area contributed by atoms with Crippen molar-refractivity contribution in [2.75, 3.05) is 0 Å². The van der Waals surface area contributed by atoms with Crippen molar-refractivity contribution in [1.29, 1.82) is 0 Å². The highest BCUT2D eigenvalue weighted by Crippen LogP contribution is 2.09. The monoisotopic (exact) mass is 1140 g/mol. The van der Waals surface area contributed by atoms with Gasteiger partial charge in [0.15, 0.2) is 67.0 Å². The van der Waals surface area contributed by atoms with E-state index in [0.717, 1.165) is 18.3 Å². The Morgan fingerprint density at radius 2 is 0.519 bits per heavy atom. The maximum absolute atomic E-state index is 11.8. The number of hydrogen-bond donors (Lipinski definition) is 6. The first-order valence-corrected chi connectivity index (χ1v) is 22.0. The Labute approximate surface area is 476 Å². The van der Waals surface area contributed by atoms with E-state index < -0.39 is 121 Å². The standard InChI is InChI=1S/3C8H10N4O2.3C7H8N4O2/c3*1-4-9-6-5(11(4)2)7(13)10-8(14)12(6)3;3*1-10-3-8-5-4(10)6(12)9-7(13)11(5)2/h3*1-3H3,(H,10,13,14);3*3H,1-2H3,(H,9,12,13)/i2D3,3D3;3D3;2D3;2*2D3,3D;3D. The SMILES string of the molecule is [2H]C([2H])([2H])n1c(=O)[nH]c(=O)c2c1nc(C)n2C.[2H]C([2H])([2H])n1c(C)nc2c1c(=O)[nH]c(=O)n2C.[2H]C([2H])([2H])n1c(C)nc2c1c(=O)[nH]c(=O)n2C([2H])([2H])[2H].[2H]c1nc2c(c(=O)[nH]c(=O)n2C([2H])([2H])[2H])n1C.[2H]c1nc2c(c(=O)[nH]c(=O)n2C([2H])([2H])[2H])n1C.[2H]c1nc2c(c(=O)[nH]c(=O)n2C)n1C. The predicted molar refractivity (Wildman–Crippen MR) is 294 cm³/mol. The van der Waals surface area contributed by atoms with E-state index in [0.29, 0.717) is 28.7 Å². The summed E-state index contributed by atoms with van der Waals surface area (Å²) >= 11 is 0. The zero-order valence-electron chi connectivity index (χ0n) is 63.9. The number of aromatic amines is 6. The van der Waals surface area contributed by atoms with Gasteiger partial charge in [0.1, 0.15) is 21.6 Å². The topological polar surface area (TPSA) is 436 Å². The molecule has 0 atom stereocenters. The van der Waals surface area contributed by atoms with Crippen molar-refractivity contribution in [2.24, 2.45) is 84.1 Å². The van der Waals surface area contributed by atoms with Crippen LogP contribution in [0.25, 0.3) is 67.0 Å². The molecule has 0 aromatic carbocycles. The Morgan fingerprint density at radius 3 is 0.815 bits per heavy atom. The zero-order valence-corrected chi connectivity index (χ0v) is 42.9. The molecule has 6 N–H and O–H groups in total. The highest BCUT2D eigenvalue weighted by molar-refractivity contribution is 5.73. The number of aromatic nitrogens is 24. The largest absolute Gasteiger partial charge is 0.329 e. The lowest BCUT2D eigenvalue weighted by Gasteiger charge is -1.97. The molecule has 0 saturated carbocycles. The molecule has 12 aromatic rings. The first-order chi connectivity index (χ1) is 46.4. The molecule has 0 spiro atoms. The number of nitrogens with zero attached hydrogens (tertiary/aromatic N) is 18. The van der Waals surface area contributed by atoms with Crippen LogP contribution in [0.1, 0.15) is 46.3 Å². The van der Waals surface area contributed by atoms with Gasteiger partial charge >= 0.3 is 34.1 Å². The lowest BCUT2D eigenvalue weighted by Crippen LogP contribution is -2.29. The van der Waals surface area contributed by atoms with Crippen molar-refractivity contribution < 1.29 is 28.8 Å². The van der Waals surface area contributed by atoms with E-state index in [-0.39, 0.29) is 86.4 Å². The van der Waals surface area contributed by atoms with Gasteiger partial charge in [-0.2, -0.15) is 0 Å². The van der Waals surface area contributed by atoms with Crippen LogP contribution in [0.15, 0.2) is 76.4 Å². The van der Waals surface area contributed by atoms with Gasteiger partial charge in [0.25, 0.3) is 33.4 Å². The third-order valence-corrected chi connectivity index (χ3v) is 11.4. The van der Waals surface area contributed by atoms with Crippen LogP contribution in [-0.4, -0.2) is 115 Å². The normalized spacial score (nSPS) is 15.7. The van der Waals surface area contributed by atoms with Crippen LogP contribution in [0.3, 0.4) is 0 Å². The minimum Gasteiger partial charge on any atom is -0.328 e. The van der Waals surface area contributed by atoms with E-state index in [9.17, 15) is 57.5 Å². The van der Waals surface area contributed by atoms with E-state index in [4.69, 9.17) is 28.8 Å². The van der Waals surface area contributed by atoms with E-state index in [1.165, 1.54) is 55.7 Å². The second kappa shape index (κ2) is 21.7. The number of nitrogens with one attached hydrogen (secondary N) is 6. The van der Waals surface area contributed by atoms with Gasteiger partial charge in [0.05, 0.1) is 18.9 Å². The minimum absolute atomic E-state index is 0.0494. The Kier molecular flexibility index (Phi) is 9.48. The summed E-state index contributed by atoms with van der Waals surface area (Å²) in [5.74, 6) is 0.523. The maximum Gasteiger partial charge on any atom is 0.329 e. The Bertz CT molecular complexity index is 5870. The van der Waals surface area contributed by atoms with Crippen LogP contribution >= 0.6 is 0 Å². The van der Waals surface area contributed by atoms with E-state index in [1.54, 1.807) is 26.0 Å². The molecule has 0 aliphatic carbocycles. The first-order valence-electron chi connectivity index (χ1n) is 32.5. The van der Waals surface area contributed by atoms with Crippen LogP contribution in [0.4, 0.5) is 0 Å². The van der Waals surface area contributed by atoms with Crippen LogP contribution in [0, 0.1) is 20.8 Å². The Hall–Kier alpha value is -11.1. The van der Waals surface area contributed by atoms with Crippen LogP contribution in [0.2, 0.25) is 0 Å². The smallest absolute Gasteiger partial charge is 0.328 e. The summed E-state index contributed by atoms with van der Waals surface area (Å²) in [6, 6.07) is 0. The molecule has 36 nitrogen and oxygen atoms in total. The summed E-state index contributed by atoms with van der Waals surface area (Å²) in [5.41, 5.74) is -11.4. The van der Waals surface area contributed by atoms with Crippen LogP contribution < -0.4 is 67.5 Å². The third kappa shape index (κ3) is 10.4. The first kappa shape index (κ1) is 35.3. The fraction of sp³-hybridized carbons (Fsp3) is 0.333. The number of fused-ring (bicyclic) bond motifs is 6. The molecule has 0 aliphatic heterocycles. The van der Waals surface area contributed by atoms with Gasteiger partial charge in [0.2, 0.25) is 0 Å². The number of rotatable bonds is 0. The molecule has 12 heterocycles. The summed E-state index contributed by atoms with van der Waals surface area (Å²) in [6.07, 6.45) is -0.644. The van der Waals surface area contributed by atoms with Gasteiger partial charge in [-0.1, -0.05) is 0 Å². The van der Waals surface area contributed by atoms with E-state index in [2.05, 4.69) is 34.9 Å². The van der Waals surface area contributed by atoms with E-state index in [1.807, 2.05) is 19.9 Å². The van der Waals surface area contributed by atoms with Gasteiger partial charge in [-0.3, -0.25) is 86.1 Å². The minimum atomic E-state index is -2.89. The number of aryl methyl sites for hydroxylation is 15. The molecule has 0 aliphatic rings. The van der Waals surface area contributed by atoms with Gasteiger partial charge in [-0.25, -0.2) is 58.7 Å². The lowest BCUT2D eigenvalue weighted by atomic mass is 10.5. The second-order valence-corrected chi connectivity index (χ2v) is 16.6. The average Bonchev–Trinajstić information content (AvgIpc) is 1.57. The molecule has 0 radical (unpaired) electrons. The van der Waals surface area contributed by atoms with Gasteiger partial charge in [-0.15, -0.1) is 0 Å². The van der Waals surface area contributed by atoms with Crippen molar-refractivity contribution in [3.63, 3.8) is 0 Å². The molecule has 0 fully saturated rings. The van der Waals surface area contributed by atoms with Gasteiger partial charge < -0.3 is 27.4 Å². The lowest BCUT2D eigenvalue weighted by molar-refractivity contribution is 0.829. The Morgan fingerprint density at radius 1 is 0.309 bits per heavy atom. The highest BCUT2D eigenvalue weighted by atomic mass is 16.2. The summed E-state index contributed by atoms with van der Waals surface area (Å²) < 4.78 is 164. The summed E-state index contributed by atoms with van der Waals surface area (Å²) in [4.78, 5) is 172. The van der Waals surface area contributed by atoms with Crippen LogP contribution in [-0.2, 0) is 84.1 Å². The number of hydrogen-bond acceptors (Lipinski definition) is 18. The zero-order chi connectivity index (χ0) is 77.7. The van der Waals surface area contributed by atoms with Gasteiger partial charge in [0, 0.05) is 109 Å². The predicted octanol–water partition coefficient (Wildman–Crippen LogP) is -5.31. The molecule has 0 bridgehead atoms. The maximum atomic E-state index is 11.8. The van der Waals surface area contributed by atoms with Crippen molar-refractivity contribution in [3.05, 3.63) is 161 Å². The van der Waals surface area contributed by atoms with Gasteiger partial charge in [-0.05, 0) is 20.8 Å². The molecule has 0 saturated heterocycles. The molecular weight excluding hydrogens is 1070 g/mol. The average molecular weight is 1140 g/mol.